The Bertz CT molecular complexity index is 404. The maximum absolute atomic E-state index is 5.79. The Balaban J connectivity index is 2.16. The number of benzene rings is 1. The van der Waals surface area contributed by atoms with E-state index in [0.717, 1.165) is 36.7 Å². The number of hydrogen-bond donors (Lipinski definition) is 0. The van der Waals surface area contributed by atoms with Crippen molar-refractivity contribution in [1.82, 2.24) is 0 Å². The first-order chi connectivity index (χ1) is 10.5. The lowest BCUT2D eigenvalue weighted by molar-refractivity contribution is -0.0183. The van der Waals surface area contributed by atoms with Crippen LogP contribution in [0.3, 0.4) is 0 Å². The van der Waals surface area contributed by atoms with Gasteiger partial charge in [-0.25, -0.2) is 0 Å². The molecule has 1 rings (SSSR count). The summed E-state index contributed by atoms with van der Waals surface area (Å²) in [6.07, 6.45) is 4.64. The molecule has 125 valence electrons. The predicted molar refractivity (Wildman–Crippen MR) is 98.7 cm³/mol. The van der Waals surface area contributed by atoms with Gasteiger partial charge in [0.1, 0.15) is 5.75 Å². The zero-order valence-corrected chi connectivity index (χ0v) is 15.9. The predicted octanol–water partition coefficient (Wildman–Crippen LogP) is 6.28. The second-order valence-electron chi connectivity index (χ2n) is 6.38. The molecule has 0 spiro atoms. The lowest BCUT2D eigenvalue weighted by Crippen LogP contribution is -2.24. The molecule has 22 heavy (non-hydrogen) atoms. The molecule has 1 aromatic carbocycles. The van der Waals surface area contributed by atoms with E-state index >= 15 is 0 Å². The van der Waals surface area contributed by atoms with E-state index in [9.17, 15) is 0 Å². The second-order valence-corrected chi connectivity index (χ2v) is 7.52. The van der Waals surface area contributed by atoms with Crippen molar-refractivity contribution in [3.63, 3.8) is 0 Å². The van der Waals surface area contributed by atoms with Crippen LogP contribution in [0.5, 0.6) is 5.75 Å². The zero-order chi connectivity index (χ0) is 16.4. The van der Waals surface area contributed by atoms with Crippen molar-refractivity contribution in [2.75, 3.05) is 13.2 Å². The van der Waals surface area contributed by atoms with Gasteiger partial charge in [0.15, 0.2) is 0 Å². The van der Waals surface area contributed by atoms with Crippen LogP contribution in [0.15, 0.2) is 29.2 Å². The Morgan fingerprint density at radius 1 is 1.18 bits per heavy atom. The topological polar surface area (TPSA) is 18.5 Å². The van der Waals surface area contributed by atoms with Crippen LogP contribution in [0.1, 0.15) is 53.4 Å². The molecular weight excluding hydrogens is 312 g/mol. The minimum absolute atomic E-state index is 0.00936. The number of ether oxygens (including phenoxy) is 2. The fourth-order valence-corrected chi connectivity index (χ4v) is 3.03. The van der Waals surface area contributed by atoms with Crippen LogP contribution in [0.25, 0.3) is 0 Å². The van der Waals surface area contributed by atoms with Crippen molar-refractivity contribution in [1.29, 1.82) is 0 Å². The largest absolute Gasteiger partial charge is 0.494 e. The van der Waals surface area contributed by atoms with E-state index in [0.29, 0.717) is 5.92 Å². The summed E-state index contributed by atoms with van der Waals surface area (Å²) in [7, 11) is 1.34. The molecule has 0 N–H and O–H groups in total. The molecule has 0 heterocycles. The molecule has 0 bridgehead atoms. The standard InChI is InChI=1S/C18H29O2S2/c1-5-20-18(3,4)13-6-7-15(2)12-14-19-16-8-10-17(22-21)11-9-16/h8-11,15H,5-7,12-14H2,1-4H3. The van der Waals surface area contributed by atoms with Crippen molar-refractivity contribution >= 4 is 22.5 Å². The average Bonchev–Trinajstić information content (AvgIpc) is 2.47. The molecule has 4 heteroatoms. The van der Waals surface area contributed by atoms with Crippen molar-refractivity contribution < 1.29 is 9.47 Å². The fourth-order valence-electron chi connectivity index (χ4n) is 2.45. The van der Waals surface area contributed by atoms with Crippen LogP contribution >= 0.6 is 22.5 Å². The molecule has 0 amide bonds. The SMILES string of the molecule is CCOC(C)(C)CCCC(C)CCOc1ccc(S[S])cc1. The Morgan fingerprint density at radius 2 is 1.86 bits per heavy atom. The van der Waals surface area contributed by atoms with Gasteiger partial charge in [-0.15, -0.1) is 0 Å². The number of hydrogen-bond acceptors (Lipinski definition) is 3. The Morgan fingerprint density at radius 3 is 2.45 bits per heavy atom. The van der Waals surface area contributed by atoms with Gasteiger partial charge >= 0.3 is 0 Å². The van der Waals surface area contributed by atoms with Gasteiger partial charge in [-0.05, 0) is 86.3 Å². The van der Waals surface area contributed by atoms with Crippen molar-refractivity contribution in [3.8, 4) is 5.75 Å². The van der Waals surface area contributed by atoms with Gasteiger partial charge in [-0.1, -0.05) is 19.8 Å². The first kappa shape index (κ1) is 19.7. The highest BCUT2D eigenvalue weighted by molar-refractivity contribution is 8.68. The van der Waals surface area contributed by atoms with Gasteiger partial charge in [-0.2, -0.15) is 0 Å². The smallest absolute Gasteiger partial charge is 0.119 e. The molecule has 1 unspecified atom stereocenters. The molecule has 0 aliphatic heterocycles. The highest BCUT2D eigenvalue weighted by Crippen LogP contribution is 2.24. The maximum Gasteiger partial charge on any atom is 0.119 e. The summed E-state index contributed by atoms with van der Waals surface area (Å²) in [5.41, 5.74) is 0.00936. The Kier molecular flexibility index (Phi) is 9.37. The van der Waals surface area contributed by atoms with Crippen LogP contribution in [-0.2, 0) is 4.74 Å². The van der Waals surface area contributed by atoms with Crippen molar-refractivity contribution in [3.05, 3.63) is 24.3 Å². The zero-order valence-electron chi connectivity index (χ0n) is 14.3. The van der Waals surface area contributed by atoms with E-state index in [1.807, 2.05) is 24.3 Å². The summed E-state index contributed by atoms with van der Waals surface area (Å²) in [6, 6.07) is 7.99. The molecule has 1 atom stereocenters. The summed E-state index contributed by atoms with van der Waals surface area (Å²) in [4.78, 5) is 1.09. The highest BCUT2D eigenvalue weighted by atomic mass is 33.1. The van der Waals surface area contributed by atoms with E-state index in [-0.39, 0.29) is 5.60 Å². The first-order valence-corrected chi connectivity index (χ1v) is 9.87. The second kappa shape index (κ2) is 10.5. The number of rotatable bonds is 11. The third-order valence-corrected chi connectivity index (χ3v) is 4.85. The molecule has 0 saturated heterocycles. The van der Waals surface area contributed by atoms with E-state index in [1.54, 1.807) is 0 Å². The van der Waals surface area contributed by atoms with Gasteiger partial charge in [0.25, 0.3) is 0 Å². The summed E-state index contributed by atoms with van der Waals surface area (Å²) in [6.45, 7) is 10.3. The van der Waals surface area contributed by atoms with Gasteiger partial charge in [-0.3, -0.25) is 0 Å². The van der Waals surface area contributed by atoms with Gasteiger partial charge in [0, 0.05) is 11.5 Å². The molecule has 1 radical (unpaired) electrons. The third-order valence-electron chi connectivity index (χ3n) is 3.81. The Hall–Kier alpha value is -0.320. The van der Waals surface area contributed by atoms with Crippen molar-refractivity contribution in [2.24, 2.45) is 5.92 Å². The molecule has 2 nitrogen and oxygen atoms in total. The summed E-state index contributed by atoms with van der Waals surface area (Å²) in [5.74, 6) is 1.61. The summed E-state index contributed by atoms with van der Waals surface area (Å²) >= 11 is 4.93. The highest BCUT2D eigenvalue weighted by Gasteiger charge is 2.17. The van der Waals surface area contributed by atoms with E-state index in [2.05, 4.69) is 27.7 Å². The molecule has 0 fully saturated rings. The average molecular weight is 342 g/mol. The first-order valence-electron chi connectivity index (χ1n) is 8.13. The molecule has 1 aromatic rings. The van der Waals surface area contributed by atoms with E-state index in [4.69, 9.17) is 21.1 Å². The lowest BCUT2D eigenvalue weighted by Gasteiger charge is -2.25. The molecular formula is C18H29O2S2. The minimum atomic E-state index is 0.00936. The molecule has 0 aliphatic rings. The molecule has 0 saturated carbocycles. The van der Waals surface area contributed by atoms with E-state index in [1.165, 1.54) is 23.6 Å². The van der Waals surface area contributed by atoms with Crippen molar-refractivity contribution in [2.45, 2.75) is 63.9 Å². The van der Waals surface area contributed by atoms with Crippen LogP contribution < -0.4 is 4.74 Å². The van der Waals surface area contributed by atoms with Crippen LogP contribution in [0.2, 0.25) is 0 Å². The lowest BCUT2D eigenvalue weighted by atomic mass is 9.95. The normalized spacial score (nSPS) is 13.1. The maximum atomic E-state index is 5.79. The molecule has 0 aromatic heterocycles. The van der Waals surface area contributed by atoms with Crippen LogP contribution in [-0.4, -0.2) is 18.8 Å². The monoisotopic (exact) mass is 341 g/mol. The minimum Gasteiger partial charge on any atom is -0.494 e. The quantitative estimate of drug-likeness (QED) is 0.441. The van der Waals surface area contributed by atoms with Crippen LogP contribution in [0, 0.1) is 5.92 Å². The van der Waals surface area contributed by atoms with Gasteiger partial charge in [0.05, 0.1) is 12.2 Å². The van der Waals surface area contributed by atoms with E-state index < -0.39 is 0 Å². The molecule has 0 aliphatic carbocycles. The summed E-state index contributed by atoms with van der Waals surface area (Å²) in [5, 5.41) is 0. The Labute approximate surface area is 145 Å². The van der Waals surface area contributed by atoms with Gasteiger partial charge < -0.3 is 9.47 Å². The third kappa shape index (κ3) is 8.35. The van der Waals surface area contributed by atoms with Crippen LogP contribution in [0.4, 0.5) is 0 Å². The fraction of sp³-hybridized carbons (Fsp3) is 0.667. The van der Waals surface area contributed by atoms with Gasteiger partial charge in [0.2, 0.25) is 0 Å². The summed E-state index contributed by atoms with van der Waals surface area (Å²) < 4.78 is 11.5.